The minimum absolute atomic E-state index is 0.0525. The van der Waals surface area contributed by atoms with E-state index in [1.165, 1.54) is 129 Å². The molecule has 0 aromatic heterocycles. The Hall–Kier alpha value is -2.20. The SMILES string of the molecule is CCCCCCCCC(CCCCCCCC)C(=O)OCCOC(=O)CCN(CCCCN1CCCC1)CCC(=O)OCCOC(=O)C(CCCCCCCC)CCCCCCCC. The molecule has 10 heteroatoms. The summed E-state index contributed by atoms with van der Waals surface area (Å²) in [6, 6.07) is 0. The van der Waals surface area contributed by atoms with Crippen LogP contribution in [0.4, 0.5) is 0 Å². The molecule has 1 aliphatic rings. The number of nitrogens with zero attached hydrogens (tertiary/aromatic N) is 2. The second kappa shape index (κ2) is 44.6. The Morgan fingerprint density at radius 2 is 0.734 bits per heavy atom. The maximum Gasteiger partial charge on any atom is 0.309 e. The third kappa shape index (κ3) is 36.0. The average molecular weight is 907 g/mol. The molecule has 0 aliphatic carbocycles. The minimum atomic E-state index is -0.329. The zero-order chi connectivity index (χ0) is 46.6. The number of rotatable bonds is 47. The standard InChI is InChI=1S/C54H102N2O8/c1-5-9-13-17-21-25-33-49(34-26-22-18-14-10-6-2)53(59)63-47-45-61-51(57)37-43-56(42-32-31-41-55-39-29-30-40-55)44-38-52(58)62-46-48-64-54(60)50(35-27-23-19-15-11-7-3)36-28-24-20-16-12-8-4/h49-50H,5-48H2,1-4H3. The van der Waals surface area contributed by atoms with Crippen molar-refractivity contribution in [3.63, 3.8) is 0 Å². The van der Waals surface area contributed by atoms with Gasteiger partial charge in [0.25, 0.3) is 0 Å². The van der Waals surface area contributed by atoms with Crippen molar-refractivity contribution in [3.05, 3.63) is 0 Å². The largest absolute Gasteiger partial charge is 0.462 e. The lowest BCUT2D eigenvalue weighted by Gasteiger charge is -2.22. The molecule has 1 fully saturated rings. The van der Waals surface area contributed by atoms with Crippen molar-refractivity contribution in [3.8, 4) is 0 Å². The maximum absolute atomic E-state index is 13.1. The summed E-state index contributed by atoms with van der Waals surface area (Å²) in [6.45, 7) is 14.3. The van der Waals surface area contributed by atoms with Crippen LogP contribution in [0.15, 0.2) is 0 Å². The molecule has 0 bridgehead atoms. The van der Waals surface area contributed by atoms with Crippen LogP contribution in [0.25, 0.3) is 0 Å². The molecular weight excluding hydrogens is 805 g/mol. The van der Waals surface area contributed by atoms with Gasteiger partial charge in [-0.1, -0.05) is 182 Å². The molecule has 0 atom stereocenters. The molecule has 0 amide bonds. The van der Waals surface area contributed by atoms with Crippen LogP contribution in [0, 0.1) is 11.8 Å². The summed E-state index contributed by atoms with van der Waals surface area (Å²) < 4.78 is 22.4. The fraction of sp³-hybridized carbons (Fsp3) is 0.926. The fourth-order valence-electron chi connectivity index (χ4n) is 8.93. The number of esters is 4. The molecule has 1 saturated heterocycles. The Morgan fingerprint density at radius 3 is 1.09 bits per heavy atom. The highest BCUT2D eigenvalue weighted by Crippen LogP contribution is 2.22. The van der Waals surface area contributed by atoms with Gasteiger partial charge < -0.3 is 28.7 Å². The van der Waals surface area contributed by atoms with Gasteiger partial charge in [0.05, 0.1) is 24.7 Å². The van der Waals surface area contributed by atoms with Crippen molar-refractivity contribution < 1.29 is 38.1 Å². The number of unbranched alkanes of at least 4 members (excludes halogenated alkanes) is 21. The lowest BCUT2D eigenvalue weighted by molar-refractivity contribution is -0.156. The summed E-state index contributed by atoms with van der Waals surface area (Å²) in [6.07, 6.45) is 37.2. The van der Waals surface area contributed by atoms with Gasteiger partial charge in [-0.25, -0.2) is 0 Å². The third-order valence-electron chi connectivity index (χ3n) is 13.1. The van der Waals surface area contributed by atoms with E-state index in [2.05, 4.69) is 37.5 Å². The topological polar surface area (TPSA) is 112 Å². The lowest BCUT2D eigenvalue weighted by atomic mass is 9.94. The zero-order valence-corrected chi connectivity index (χ0v) is 42.4. The quantitative estimate of drug-likeness (QED) is 0.0332. The minimum Gasteiger partial charge on any atom is -0.462 e. The van der Waals surface area contributed by atoms with Crippen molar-refractivity contribution in [1.82, 2.24) is 9.80 Å². The van der Waals surface area contributed by atoms with Gasteiger partial charge in [-0.2, -0.15) is 0 Å². The second-order valence-corrected chi connectivity index (χ2v) is 19.0. The van der Waals surface area contributed by atoms with Crippen LogP contribution in [-0.4, -0.2) is 99.4 Å². The first-order valence-corrected chi connectivity index (χ1v) is 27.4. The van der Waals surface area contributed by atoms with Gasteiger partial charge in [-0.3, -0.25) is 19.2 Å². The smallest absolute Gasteiger partial charge is 0.309 e. The van der Waals surface area contributed by atoms with E-state index in [0.29, 0.717) is 13.1 Å². The summed E-state index contributed by atoms with van der Waals surface area (Å²) in [7, 11) is 0. The molecule has 0 aromatic rings. The number of hydrogen-bond acceptors (Lipinski definition) is 10. The molecule has 0 aromatic carbocycles. The van der Waals surface area contributed by atoms with Gasteiger partial charge in [0.15, 0.2) is 0 Å². The Kier molecular flexibility index (Phi) is 41.7. The van der Waals surface area contributed by atoms with Gasteiger partial charge in [0, 0.05) is 13.1 Å². The van der Waals surface area contributed by atoms with E-state index in [1.54, 1.807) is 0 Å². The van der Waals surface area contributed by atoms with Gasteiger partial charge in [-0.05, 0) is 77.5 Å². The molecule has 64 heavy (non-hydrogen) atoms. The highest BCUT2D eigenvalue weighted by Gasteiger charge is 2.22. The normalized spacial score (nSPS) is 13.0. The van der Waals surface area contributed by atoms with E-state index in [9.17, 15) is 19.2 Å². The highest BCUT2D eigenvalue weighted by atomic mass is 16.6. The summed E-state index contributed by atoms with van der Waals surface area (Å²) >= 11 is 0. The second-order valence-electron chi connectivity index (χ2n) is 19.0. The van der Waals surface area contributed by atoms with Crippen LogP contribution in [-0.2, 0) is 38.1 Å². The Labute approximate surface area is 394 Å². The molecule has 0 unspecified atom stereocenters. The van der Waals surface area contributed by atoms with E-state index >= 15 is 0 Å². The van der Waals surface area contributed by atoms with Crippen molar-refractivity contribution in [2.75, 3.05) is 65.7 Å². The Balaban J connectivity index is 2.54. The molecule has 0 saturated carbocycles. The van der Waals surface area contributed by atoms with Crippen molar-refractivity contribution in [1.29, 1.82) is 0 Å². The van der Waals surface area contributed by atoms with Gasteiger partial charge >= 0.3 is 23.9 Å². The number of likely N-dealkylation sites (tertiary alicyclic amines) is 1. The first-order chi connectivity index (χ1) is 31.3. The molecule has 1 heterocycles. The average Bonchev–Trinajstić information content (AvgIpc) is 3.82. The molecule has 376 valence electrons. The molecule has 0 N–H and O–H groups in total. The van der Waals surface area contributed by atoms with Crippen LogP contribution in [0.3, 0.4) is 0 Å². The van der Waals surface area contributed by atoms with Crippen LogP contribution in [0.1, 0.15) is 246 Å². The van der Waals surface area contributed by atoms with Gasteiger partial charge in [0.2, 0.25) is 0 Å². The van der Waals surface area contributed by atoms with Crippen molar-refractivity contribution in [2.45, 2.75) is 246 Å². The molecule has 1 aliphatic heterocycles. The predicted octanol–water partition coefficient (Wildman–Crippen LogP) is 13.4. The van der Waals surface area contributed by atoms with E-state index in [-0.39, 0.29) is 75.0 Å². The summed E-state index contributed by atoms with van der Waals surface area (Å²) in [5.74, 6) is -1.13. The number of carbonyl (C=O) groups is 4. The first kappa shape index (κ1) is 59.8. The van der Waals surface area contributed by atoms with Crippen molar-refractivity contribution >= 4 is 23.9 Å². The van der Waals surface area contributed by atoms with Crippen LogP contribution in [0.2, 0.25) is 0 Å². The van der Waals surface area contributed by atoms with Crippen LogP contribution < -0.4 is 0 Å². The number of hydrogen-bond donors (Lipinski definition) is 0. The Morgan fingerprint density at radius 1 is 0.406 bits per heavy atom. The molecule has 0 radical (unpaired) electrons. The third-order valence-corrected chi connectivity index (χ3v) is 13.1. The highest BCUT2D eigenvalue weighted by molar-refractivity contribution is 5.73. The van der Waals surface area contributed by atoms with Gasteiger partial charge in [-0.15, -0.1) is 0 Å². The predicted molar refractivity (Wildman–Crippen MR) is 263 cm³/mol. The van der Waals surface area contributed by atoms with E-state index in [1.807, 2.05) is 0 Å². The first-order valence-electron chi connectivity index (χ1n) is 27.4. The molecule has 0 spiro atoms. The molecular formula is C54H102N2O8. The van der Waals surface area contributed by atoms with Crippen molar-refractivity contribution in [2.24, 2.45) is 11.8 Å². The van der Waals surface area contributed by atoms with Gasteiger partial charge in [0.1, 0.15) is 26.4 Å². The monoisotopic (exact) mass is 907 g/mol. The maximum atomic E-state index is 13.1. The Bertz CT molecular complexity index is 995. The summed E-state index contributed by atoms with van der Waals surface area (Å²) in [4.78, 5) is 56.6. The number of ether oxygens (including phenoxy) is 4. The lowest BCUT2D eigenvalue weighted by Crippen LogP contribution is -2.31. The van der Waals surface area contributed by atoms with Crippen LogP contribution in [0.5, 0.6) is 0 Å². The zero-order valence-electron chi connectivity index (χ0n) is 42.4. The molecule has 1 rings (SSSR count). The number of carbonyl (C=O) groups excluding carboxylic acids is 4. The van der Waals surface area contributed by atoms with E-state index in [0.717, 1.165) is 103 Å². The summed E-state index contributed by atoms with van der Waals surface area (Å²) in [5.41, 5.74) is 0. The summed E-state index contributed by atoms with van der Waals surface area (Å²) in [5, 5.41) is 0. The fourth-order valence-corrected chi connectivity index (χ4v) is 8.93. The van der Waals surface area contributed by atoms with E-state index < -0.39 is 0 Å². The molecule has 10 nitrogen and oxygen atoms in total. The van der Waals surface area contributed by atoms with E-state index in [4.69, 9.17) is 18.9 Å². The van der Waals surface area contributed by atoms with Crippen LogP contribution >= 0.6 is 0 Å².